The van der Waals surface area contributed by atoms with Crippen molar-refractivity contribution in [3.63, 3.8) is 0 Å². The summed E-state index contributed by atoms with van der Waals surface area (Å²) in [5, 5.41) is 0. The zero-order valence-electron chi connectivity index (χ0n) is 4.63. The van der Waals surface area contributed by atoms with Gasteiger partial charge < -0.3 is 0 Å². The minimum absolute atomic E-state index is 0.178. The van der Waals surface area contributed by atoms with Crippen LogP contribution in [0.5, 0.6) is 0 Å². The van der Waals surface area contributed by atoms with Crippen molar-refractivity contribution in [1.29, 1.82) is 0 Å². The maximum Gasteiger partial charge on any atom is 0.120 e. The van der Waals surface area contributed by atoms with E-state index in [2.05, 4.69) is 6.42 Å². The van der Waals surface area contributed by atoms with Crippen LogP contribution in [0.4, 0.5) is 0 Å². The lowest BCUT2D eigenvalue weighted by Gasteiger charge is -2.09. The summed E-state index contributed by atoms with van der Waals surface area (Å²) < 4.78 is 10.2. The summed E-state index contributed by atoms with van der Waals surface area (Å²) in [5.41, 5.74) is 0. The smallest absolute Gasteiger partial charge is 0.120 e. The minimum Gasteiger partial charge on any atom is -0.205 e. The Morgan fingerprint density at radius 1 is 1.38 bits per heavy atom. The molecule has 1 saturated heterocycles. The Morgan fingerprint density at radius 2 is 2.00 bits per heavy atom. The SMILES string of the molecule is O=S=S1CC[CH]CC1. The number of hydrogen-bond donors (Lipinski definition) is 0. The molecule has 0 amide bonds. The Bertz CT molecular complexity index is 118. The number of hydrogen-bond acceptors (Lipinski definition) is 1. The first-order valence-electron chi connectivity index (χ1n) is 2.73. The molecule has 1 aliphatic heterocycles. The van der Waals surface area contributed by atoms with E-state index >= 15 is 0 Å². The first kappa shape index (κ1) is 6.49. The largest absolute Gasteiger partial charge is 0.205 e. The second-order valence-corrected chi connectivity index (χ2v) is 5.44. The van der Waals surface area contributed by atoms with Crippen LogP contribution in [-0.2, 0) is 19.7 Å². The Kier molecular flexibility index (Phi) is 2.76. The monoisotopic (exact) mass is 149 g/mol. The summed E-state index contributed by atoms with van der Waals surface area (Å²) in [6.07, 6.45) is 4.61. The van der Waals surface area contributed by atoms with Crippen LogP contribution in [0.15, 0.2) is 0 Å². The van der Waals surface area contributed by atoms with Crippen LogP contribution in [-0.4, -0.2) is 15.7 Å². The highest BCUT2D eigenvalue weighted by Crippen LogP contribution is 2.05. The second kappa shape index (κ2) is 3.41. The molecule has 3 heteroatoms. The predicted molar refractivity (Wildman–Crippen MR) is 38.8 cm³/mol. The van der Waals surface area contributed by atoms with E-state index in [1.165, 1.54) is 12.8 Å². The molecule has 0 spiro atoms. The van der Waals surface area contributed by atoms with Gasteiger partial charge in [-0.2, -0.15) is 0 Å². The molecule has 0 saturated carbocycles. The van der Waals surface area contributed by atoms with Gasteiger partial charge in [0.05, 0.1) is 0 Å². The zero-order valence-corrected chi connectivity index (χ0v) is 6.26. The Balaban J connectivity index is 2.45. The topological polar surface area (TPSA) is 17.1 Å². The summed E-state index contributed by atoms with van der Waals surface area (Å²) >= 11 is 0. The lowest BCUT2D eigenvalue weighted by molar-refractivity contribution is 0.701. The number of rotatable bonds is 0. The molecule has 0 unspecified atom stereocenters. The molecule has 0 atom stereocenters. The van der Waals surface area contributed by atoms with Crippen LogP contribution in [0.25, 0.3) is 0 Å². The lowest BCUT2D eigenvalue weighted by atomic mass is 10.3. The molecule has 1 fully saturated rings. The van der Waals surface area contributed by atoms with Crippen molar-refractivity contribution >= 4 is 19.7 Å². The molecule has 8 heavy (non-hydrogen) atoms. The molecule has 0 aromatic carbocycles. The van der Waals surface area contributed by atoms with Gasteiger partial charge in [0.15, 0.2) is 0 Å². The van der Waals surface area contributed by atoms with Crippen molar-refractivity contribution in [3.8, 4) is 0 Å². The highest BCUT2D eigenvalue weighted by atomic mass is 32.8. The van der Waals surface area contributed by atoms with Gasteiger partial charge in [0, 0.05) is 11.5 Å². The standard InChI is InChI=1S/C5H9OS2/c6-7-8-4-2-1-3-5-8/h1H,2-5H2. The molecule has 0 bridgehead atoms. The summed E-state index contributed by atoms with van der Waals surface area (Å²) in [4.78, 5) is 0. The molecule has 0 aromatic heterocycles. The highest BCUT2D eigenvalue weighted by Gasteiger charge is 2.02. The first-order valence-corrected chi connectivity index (χ1v) is 5.55. The average molecular weight is 149 g/mol. The van der Waals surface area contributed by atoms with E-state index < -0.39 is 0 Å². The fourth-order valence-electron chi connectivity index (χ4n) is 0.744. The quantitative estimate of drug-likeness (QED) is 0.496. The molecule has 47 valence electrons. The molecule has 0 aliphatic carbocycles. The summed E-state index contributed by atoms with van der Waals surface area (Å²) in [6.45, 7) is 0. The third kappa shape index (κ3) is 1.71. The van der Waals surface area contributed by atoms with Crippen molar-refractivity contribution < 1.29 is 4.21 Å². The third-order valence-corrected chi connectivity index (χ3v) is 4.35. The fraction of sp³-hybridized carbons (Fsp3) is 0.800. The molecule has 0 N–H and O–H groups in total. The molecule has 1 nitrogen and oxygen atoms in total. The van der Waals surface area contributed by atoms with Crippen LogP contribution < -0.4 is 0 Å². The van der Waals surface area contributed by atoms with Crippen LogP contribution in [0.1, 0.15) is 12.8 Å². The van der Waals surface area contributed by atoms with E-state index in [-0.39, 0.29) is 9.45 Å². The van der Waals surface area contributed by atoms with Crippen LogP contribution in [0, 0.1) is 6.42 Å². The third-order valence-electron chi connectivity index (χ3n) is 1.20. The lowest BCUT2D eigenvalue weighted by Crippen LogP contribution is -2.08. The molecular weight excluding hydrogens is 140 g/mol. The van der Waals surface area contributed by atoms with E-state index in [0.29, 0.717) is 0 Å². The highest BCUT2D eigenvalue weighted by molar-refractivity contribution is 8.31. The Hall–Kier alpha value is 0.370. The van der Waals surface area contributed by atoms with Crippen LogP contribution >= 0.6 is 0 Å². The van der Waals surface area contributed by atoms with Crippen molar-refractivity contribution in [2.75, 3.05) is 11.5 Å². The maximum atomic E-state index is 10.2. The normalized spacial score (nSPS) is 23.0. The molecular formula is C5H9OS2. The molecule has 1 rings (SSSR count). The first-order chi connectivity index (χ1) is 3.93. The molecule has 0 aromatic rings. The van der Waals surface area contributed by atoms with Gasteiger partial charge in [0.1, 0.15) is 10.2 Å². The fourth-order valence-corrected chi connectivity index (χ4v) is 2.93. The Morgan fingerprint density at radius 3 is 2.38 bits per heavy atom. The van der Waals surface area contributed by atoms with Gasteiger partial charge in [0.25, 0.3) is 0 Å². The van der Waals surface area contributed by atoms with Gasteiger partial charge in [-0.25, -0.2) is 4.21 Å². The summed E-state index contributed by atoms with van der Waals surface area (Å²) in [7, 11) is 0.982. The van der Waals surface area contributed by atoms with Gasteiger partial charge in [-0.3, -0.25) is 0 Å². The van der Waals surface area contributed by atoms with E-state index in [0.717, 1.165) is 21.7 Å². The van der Waals surface area contributed by atoms with E-state index in [1.54, 1.807) is 0 Å². The molecule has 1 aliphatic rings. The maximum absolute atomic E-state index is 10.2. The second-order valence-electron chi connectivity index (χ2n) is 1.78. The van der Waals surface area contributed by atoms with Crippen LogP contribution in [0.2, 0.25) is 0 Å². The summed E-state index contributed by atoms with van der Waals surface area (Å²) in [6, 6.07) is 0. The van der Waals surface area contributed by atoms with Gasteiger partial charge in [-0.05, 0) is 19.3 Å². The van der Waals surface area contributed by atoms with Crippen molar-refractivity contribution in [3.05, 3.63) is 6.42 Å². The van der Waals surface area contributed by atoms with Gasteiger partial charge in [0.2, 0.25) is 0 Å². The average Bonchev–Trinajstić information content (AvgIpc) is 1.90. The minimum atomic E-state index is 0.178. The van der Waals surface area contributed by atoms with E-state index in [1.807, 2.05) is 0 Å². The summed E-state index contributed by atoms with van der Waals surface area (Å²) in [5.74, 6) is 2.27. The van der Waals surface area contributed by atoms with Crippen molar-refractivity contribution in [2.45, 2.75) is 12.8 Å². The van der Waals surface area contributed by atoms with Gasteiger partial charge >= 0.3 is 0 Å². The molecule has 1 heterocycles. The molecule has 1 radical (unpaired) electrons. The van der Waals surface area contributed by atoms with Gasteiger partial charge in [-0.1, -0.05) is 9.45 Å². The van der Waals surface area contributed by atoms with Crippen molar-refractivity contribution in [2.24, 2.45) is 0 Å². The van der Waals surface area contributed by atoms with Crippen molar-refractivity contribution in [1.82, 2.24) is 0 Å². The Labute approximate surface area is 55.1 Å². The van der Waals surface area contributed by atoms with Crippen LogP contribution in [0.3, 0.4) is 0 Å². The van der Waals surface area contributed by atoms with E-state index in [4.69, 9.17) is 0 Å². The predicted octanol–water partition coefficient (Wildman–Crippen LogP) is 0.731. The zero-order chi connectivity index (χ0) is 5.82. The van der Waals surface area contributed by atoms with E-state index in [9.17, 15) is 4.21 Å². The van der Waals surface area contributed by atoms with Gasteiger partial charge in [-0.15, -0.1) is 0 Å².